The van der Waals surface area contributed by atoms with Crippen molar-refractivity contribution in [3.05, 3.63) is 64.0 Å². The SMILES string of the molecule is CON=C(COc1cccc(C(F)(F)F)c1)Cn1cnc2cc([N+](=O)[O-])c(C)cc21. The molecule has 0 bridgehead atoms. The zero-order valence-corrected chi connectivity index (χ0v) is 16.0. The van der Waals surface area contributed by atoms with Crippen molar-refractivity contribution >= 4 is 22.4 Å². The van der Waals surface area contributed by atoms with Crippen LogP contribution in [0, 0.1) is 17.0 Å². The van der Waals surface area contributed by atoms with Crippen molar-refractivity contribution in [3.8, 4) is 5.75 Å². The maximum Gasteiger partial charge on any atom is 0.416 e. The number of ether oxygens (including phenoxy) is 1. The molecule has 0 atom stereocenters. The average molecular weight is 422 g/mol. The number of aromatic nitrogens is 2. The summed E-state index contributed by atoms with van der Waals surface area (Å²) in [6, 6.07) is 7.54. The third kappa shape index (κ3) is 4.67. The highest BCUT2D eigenvalue weighted by molar-refractivity contribution is 5.87. The molecule has 30 heavy (non-hydrogen) atoms. The summed E-state index contributed by atoms with van der Waals surface area (Å²) < 4.78 is 45.7. The molecule has 1 heterocycles. The van der Waals surface area contributed by atoms with Gasteiger partial charge >= 0.3 is 6.18 Å². The van der Waals surface area contributed by atoms with Gasteiger partial charge in [0.15, 0.2) is 0 Å². The van der Waals surface area contributed by atoms with Gasteiger partial charge in [-0.2, -0.15) is 13.2 Å². The number of nitro groups is 1. The molecule has 158 valence electrons. The first-order valence-corrected chi connectivity index (χ1v) is 8.68. The largest absolute Gasteiger partial charge is 0.487 e. The van der Waals surface area contributed by atoms with Gasteiger partial charge in [0.25, 0.3) is 5.69 Å². The van der Waals surface area contributed by atoms with Crippen molar-refractivity contribution in [1.82, 2.24) is 9.55 Å². The summed E-state index contributed by atoms with van der Waals surface area (Å²) in [4.78, 5) is 19.6. The molecular formula is C19H17F3N4O4. The minimum absolute atomic E-state index is 0.0357. The normalized spacial score (nSPS) is 12.2. The number of nitrogens with zero attached hydrogens (tertiary/aromatic N) is 4. The monoisotopic (exact) mass is 422 g/mol. The van der Waals surface area contributed by atoms with Crippen molar-refractivity contribution in [1.29, 1.82) is 0 Å². The van der Waals surface area contributed by atoms with Crippen LogP contribution in [0.15, 0.2) is 47.9 Å². The van der Waals surface area contributed by atoms with Gasteiger partial charge < -0.3 is 14.1 Å². The maximum atomic E-state index is 12.8. The number of benzene rings is 2. The Bertz CT molecular complexity index is 1110. The van der Waals surface area contributed by atoms with E-state index in [-0.39, 0.29) is 24.6 Å². The second kappa shape index (κ2) is 8.39. The fourth-order valence-electron chi connectivity index (χ4n) is 2.88. The number of hydrogen-bond donors (Lipinski definition) is 0. The fourth-order valence-corrected chi connectivity index (χ4v) is 2.88. The van der Waals surface area contributed by atoms with Crippen LogP contribution in [0.2, 0.25) is 0 Å². The van der Waals surface area contributed by atoms with Gasteiger partial charge in [0.1, 0.15) is 25.2 Å². The molecule has 11 heteroatoms. The molecule has 0 unspecified atom stereocenters. The molecule has 0 saturated heterocycles. The lowest BCUT2D eigenvalue weighted by molar-refractivity contribution is -0.385. The first-order chi connectivity index (χ1) is 14.2. The van der Waals surface area contributed by atoms with Crippen molar-refractivity contribution in [2.45, 2.75) is 19.6 Å². The number of fused-ring (bicyclic) bond motifs is 1. The van der Waals surface area contributed by atoms with E-state index < -0.39 is 16.7 Å². The first kappa shape index (κ1) is 21.1. The number of rotatable bonds is 7. The molecule has 0 aliphatic heterocycles. The van der Waals surface area contributed by atoms with E-state index in [1.807, 2.05) is 0 Å². The lowest BCUT2D eigenvalue weighted by atomic mass is 10.2. The van der Waals surface area contributed by atoms with Crippen LogP contribution < -0.4 is 4.74 Å². The summed E-state index contributed by atoms with van der Waals surface area (Å²) in [6.45, 7) is 1.66. The number of oxime groups is 1. The molecular weight excluding hydrogens is 405 g/mol. The van der Waals surface area contributed by atoms with E-state index in [1.165, 1.54) is 31.6 Å². The summed E-state index contributed by atoms with van der Waals surface area (Å²) in [7, 11) is 1.34. The minimum atomic E-state index is -4.47. The number of halogens is 3. The lowest BCUT2D eigenvalue weighted by Crippen LogP contribution is -2.18. The molecule has 0 fully saturated rings. The lowest BCUT2D eigenvalue weighted by Gasteiger charge is -2.12. The van der Waals surface area contributed by atoms with Gasteiger partial charge in [0, 0.05) is 11.6 Å². The van der Waals surface area contributed by atoms with Crippen LogP contribution >= 0.6 is 0 Å². The van der Waals surface area contributed by atoms with Crippen LogP contribution in [-0.4, -0.2) is 33.9 Å². The number of imidazole rings is 1. The predicted molar refractivity (Wildman–Crippen MR) is 103 cm³/mol. The molecule has 0 spiro atoms. The zero-order chi connectivity index (χ0) is 21.9. The molecule has 0 radical (unpaired) electrons. The first-order valence-electron chi connectivity index (χ1n) is 8.68. The molecule has 0 saturated carbocycles. The fraction of sp³-hybridized carbons (Fsp3) is 0.263. The van der Waals surface area contributed by atoms with Crippen molar-refractivity contribution < 1.29 is 27.7 Å². The highest BCUT2D eigenvalue weighted by Crippen LogP contribution is 2.31. The Labute approximate surface area is 168 Å². The van der Waals surface area contributed by atoms with Gasteiger partial charge in [0.05, 0.1) is 34.4 Å². The Balaban J connectivity index is 1.79. The molecule has 0 amide bonds. The van der Waals surface area contributed by atoms with Crippen LogP contribution in [0.4, 0.5) is 18.9 Å². The molecule has 0 aliphatic carbocycles. The maximum absolute atomic E-state index is 12.8. The summed E-state index contributed by atoms with van der Waals surface area (Å²) in [5.74, 6) is 0.0376. The third-order valence-corrected chi connectivity index (χ3v) is 4.28. The average Bonchev–Trinajstić information content (AvgIpc) is 3.06. The topological polar surface area (TPSA) is 91.8 Å². The standard InChI is InChI=1S/C19H17F3N4O4/c1-12-6-18-16(8-17(12)26(27)28)23-11-25(18)9-14(24-29-2)10-30-15-5-3-4-13(7-15)19(20,21)22/h3-8,11H,9-10H2,1-2H3. The highest BCUT2D eigenvalue weighted by atomic mass is 19.4. The van der Waals surface area contributed by atoms with E-state index in [0.717, 1.165) is 12.1 Å². The van der Waals surface area contributed by atoms with E-state index in [0.29, 0.717) is 22.3 Å². The molecule has 2 aromatic carbocycles. The van der Waals surface area contributed by atoms with Gasteiger partial charge in [-0.3, -0.25) is 10.1 Å². The Morgan fingerprint density at radius 3 is 2.73 bits per heavy atom. The zero-order valence-electron chi connectivity index (χ0n) is 16.0. The summed E-state index contributed by atoms with van der Waals surface area (Å²) in [5.41, 5.74) is 1.07. The van der Waals surface area contributed by atoms with Crippen LogP contribution in [0.5, 0.6) is 5.75 Å². The molecule has 1 aromatic heterocycles. The summed E-state index contributed by atoms with van der Waals surface area (Å²) in [6.07, 6.45) is -2.98. The van der Waals surface area contributed by atoms with Crippen LogP contribution in [0.1, 0.15) is 11.1 Å². The number of aryl methyl sites for hydroxylation is 1. The predicted octanol–water partition coefficient (Wildman–Crippen LogP) is 4.35. The Kier molecular flexibility index (Phi) is 5.90. The van der Waals surface area contributed by atoms with Crippen molar-refractivity contribution in [2.24, 2.45) is 5.16 Å². The Hall–Kier alpha value is -3.63. The van der Waals surface area contributed by atoms with Crippen LogP contribution in [0.25, 0.3) is 11.0 Å². The highest BCUT2D eigenvalue weighted by Gasteiger charge is 2.30. The van der Waals surface area contributed by atoms with E-state index in [9.17, 15) is 23.3 Å². The van der Waals surface area contributed by atoms with Crippen LogP contribution in [-0.2, 0) is 17.6 Å². The van der Waals surface area contributed by atoms with Gasteiger partial charge in [-0.25, -0.2) is 4.98 Å². The molecule has 0 aliphatic rings. The smallest absolute Gasteiger partial charge is 0.416 e. The molecule has 3 rings (SSSR count). The minimum Gasteiger partial charge on any atom is -0.487 e. The van der Waals surface area contributed by atoms with Crippen molar-refractivity contribution in [3.63, 3.8) is 0 Å². The van der Waals surface area contributed by atoms with E-state index >= 15 is 0 Å². The third-order valence-electron chi connectivity index (χ3n) is 4.28. The van der Waals surface area contributed by atoms with Gasteiger partial charge in [-0.1, -0.05) is 11.2 Å². The quantitative estimate of drug-likeness (QED) is 0.321. The number of alkyl halides is 3. The molecule has 3 aromatic rings. The summed E-state index contributed by atoms with van der Waals surface area (Å²) in [5, 5.41) is 15.0. The number of nitro benzene ring substituents is 1. The van der Waals surface area contributed by atoms with Crippen molar-refractivity contribution in [2.75, 3.05) is 13.7 Å². The van der Waals surface area contributed by atoms with E-state index in [2.05, 4.69) is 10.1 Å². The number of hydrogen-bond acceptors (Lipinski definition) is 6. The van der Waals surface area contributed by atoms with Gasteiger partial charge in [-0.15, -0.1) is 0 Å². The van der Waals surface area contributed by atoms with Gasteiger partial charge in [0.2, 0.25) is 0 Å². The second-order valence-electron chi connectivity index (χ2n) is 6.41. The van der Waals surface area contributed by atoms with E-state index in [4.69, 9.17) is 9.57 Å². The Morgan fingerprint density at radius 2 is 2.07 bits per heavy atom. The second-order valence-corrected chi connectivity index (χ2v) is 6.41. The summed E-state index contributed by atoms with van der Waals surface area (Å²) >= 11 is 0. The van der Waals surface area contributed by atoms with E-state index in [1.54, 1.807) is 17.6 Å². The van der Waals surface area contributed by atoms with Crippen LogP contribution in [0.3, 0.4) is 0 Å². The Morgan fingerprint density at radius 1 is 1.30 bits per heavy atom. The molecule has 0 N–H and O–H groups in total. The molecule has 8 nitrogen and oxygen atoms in total. The van der Waals surface area contributed by atoms with Gasteiger partial charge in [-0.05, 0) is 31.2 Å².